The van der Waals surface area contributed by atoms with E-state index in [4.69, 9.17) is 10.8 Å². The molecule has 122 valence electrons. The highest BCUT2D eigenvalue weighted by atomic mass is 32.2. The molecule has 0 saturated heterocycles. The zero-order chi connectivity index (χ0) is 18.1. The Kier molecular flexibility index (Phi) is 4.33. The summed E-state index contributed by atoms with van der Waals surface area (Å²) in [5.41, 5.74) is -0.965. The van der Waals surface area contributed by atoms with Crippen LogP contribution in [0.4, 0.5) is 11.4 Å². The Hall–Kier alpha value is -2.90. The Labute approximate surface area is 136 Å². The Balaban J connectivity index is 2.94. The van der Waals surface area contributed by atoms with Gasteiger partial charge in [-0.1, -0.05) is 0 Å². The highest BCUT2D eigenvalue weighted by Gasteiger charge is 2.27. The molecule has 0 atom stereocenters. The monoisotopic (exact) mass is 368 g/mol. The fourth-order valence-corrected chi connectivity index (χ4v) is 3.47. The second-order valence-electron chi connectivity index (χ2n) is 4.51. The van der Waals surface area contributed by atoms with E-state index in [-0.39, 0.29) is 22.5 Å². The van der Waals surface area contributed by atoms with E-state index in [0.29, 0.717) is 0 Å². The first-order valence-electron chi connectivity index (χ1n) is 6.01. The van der Waals surface area contributed by atoms with Gasteiger partial charge < -0.3 is 0 Å². The molecular formula is C12H8N4O6S2+2. The maximum Gasteiger partial charge on any atom is 0.386 e. The molecule has 0 aliphatic heterocycles. The van der Waals surface area contributed by atoms with Crippen molar-refractivity contribution in [1.82, 2.24) is 0 Å². The normalized spacial score (nSPS) is 11.5. The van der Waals surface area contributed by atoms with Crippen LogP contribution in [-0.2, 0) is 20.2 Å². The molecule has 0 fully saturated rings. The Morgan fingerprint density at radius 1 is 0.708 bits per heavy atom. The van der Waals surface area contributed by atoms with Gasteiger partial charge in [-0.3, -0.25) is 9.11 Å². The first kappa shape index (κ1) is 17.5. The van der Waals surface area contributed by atoms with Gasteiger partial charge in [0.2, 0.25) is 10.8 Å². The Morgan fingerprint density at radius 2 is 1.04 bits per heavy atom. The lowest BCUT2D eigenvalue weighted by Gasteiger charge is -2.09. The third-order valence-corrected chi connectivity index (χ3v) is 4.79. The van der Waals surface area contributed by atoms with Crippen LogP contribution in [0.5, 0.6) is 0 Å². The molecule has 24 heavy (non-hydrogen) atoms. The summed E-state index contributed by atoms with van der Waals surface area (Å²) in [6.45, 7) is 0. The van der Waals surface area contributed by atoms with Crippen LogP contribution in [0.15, 0.2) is 46.2 Å². The van der Waals surface area contributed by atoms with Crippen LogP contribution < -0.4 is 0 Å². The molecule has 0 amide bonds. The lowest BCUT2D eigenvalue weighted by Crippen LogP contribution is -2.05. The van der Waals surface area contributed by atoms with Crippen molar-refractivity contribution < 1.29 is 25.9 Å². The lowest BCUT2D eigenvalue weighted by molar-refractivity contribution is 0.480. The first-order valence-corrected chi connectivity index (χ1v) is 8.89. The van der Waals surface area contributed by atoms with Gasteiger partial charge in [0, 0.05) is 23.3 Å². The predicted octanol–water partition coefficient (Wildman–Crippen LogP) is 2.82. The molecule has 2 aromatic carbocycles. The molecule has 2 aromatic rings. The molecule has 0 saturated carbocycles. The van der Waals surface area contributed by atoms with Crippen LogP contribution in [0.2, 0.25) is 0 Å². The van der Waals surface area contributed by atoms with E-state index in [1.54, 1.807) is 0 Å². The van der Waals surface area contributed by atoms with Crippen molar-refractivity contribution in [2.45, 2.75) is 9.79 Å². The quantitative estimate of drug-likeness (QED) is 0.616. The predicted molar refractivity (Wildman–Crippen MR) is 81.0 cm³/mol. The fraction of sp³-hybridized carbons (Fsp3) is 0. The molecule has 0 bridgehead atoms. The summed E-state index contributed by atoms with van der Waals surface area (Å²) in [4.78, 5) is 4.09. The summed E-state index contributed by atoms with van der Waals surface area (Å²) in [6.07, 6.45) is 0. The van der Waals surface area contributed by atoms with Crippen LogP contribution in [0.3, 0.4) is 0 Å². The highest BCUT2D eigenvalue weighted by molar-refractivity contribution is 7.86. The maximum atomic E-state index is 11.5. The number of rotatable bonds is 3. The van der Waals surface area contributed by atoms with Crippen molar-refractivity contribution in [1.29, 1.82) is 10.8 Å². The van der Waals surface area contributed by atoms with E-state index < -0.39 is 30.0 Å². The minimum atomic E-state index is -4.81. The molecule has 2 rings (SSSR count). The lowest BCUT2D eigenvalue weighted by atomic mass is 10.0. The zero-order valence-corrected chi connectivity index (χ0v) is 13.2. The van der Waals surface area contributed by atoms with Crippen LogP contribution in [-0.4, -0.2) is 25.9 Å². The minimum absolute atomic E-state index is 0.207. The molecular weight excluding hydrogens is 360 g/mol. The summed E-state index contributed by atoms with van der Waals surface area (Å²) >= 11 is 0. The van der Waals surface area contributed by atoms with Gasteiger partial charge in [0.05, 0.1) is 12.1 Å². The maximum absolute atomic E-state index is 11.5. The second-order valence-corrected chi connectivity index (χ2v) is 7.29. The van der Waals surface area contributed by atoms with Crippen molar-refractivity contribution in [3.8, 4) is 11.1 Å². The molecule has 10 nitrogen and oxygen atoms in total. The van der Waals surface area contributed by atoms with Gasteiger partial charge in [-0.2, -0.15) is 16.8 Å². The van der Waals surface area contributed by atoms with E-state index >= 15 is 0 Å². The summed E-state index contributed by atoms with van der Waals surface area (Å²) in [6, 6.07) is 6.09. The molecule has 0 aliphatic carbocycles. The van der Waals surface area contributed by atoms with Crippen molar-refractivity contribution in [2.75, 3.05) is 0 Å². The third kappa shape index (κ3) is 3.37. The number of benzene rings is 2. The summed E-state index contributed by atoms with van der Waals surface area (Å²) in [7, 11) is -9.63. The van der Waals surface area contributed by atoms with Crippen LogP contribution in [0.1, 0.15) is 0 Å². The summed E-state index contributed by atoms with van der Waals surface area (Å²) in [5, 5.41) is 17.4. The zero-order valence-electron chi connectivity index (χ0n) is 11.6. The van der Waals surface area contributed by atoms with Gasteiger partial charge in [0.1, 0.15) is 9.79 Å². The van der Waals surface area contributed by atoms with Gasteiger partial charge in [0.15, 0.2) is 9.95 Å². The van der Waals surface area contributed by atoms with E-state index in [2.05, 4.69) is 9.95 Å². The van der Waals surface area contributed by atoms with E-state index in [1.165, 1.54) is 0 Å². The van der Waals surface area contributed by atoms with Crippen LogP contribution in [0, 0.1) is 10.8 Å². The molecule has 0 heterocycles. The van der Waals surface area contributed by atoms with Crippen LogP contribution in [0.25, 0.3) is 21.1 Å². The van der Waals surface area contributed by atoms with E-state index in [0.717, 1.165) is 36.4 Å². The molecule has 0 aromatic heterocycles. The molecule has 12 heteroatoms. The van der Waals surface area contributed by atoms with Crippen molar-refractivity contribution >= 4 is 31.6 Å². The second kappa shape index (κ2) is 5.95. The fourth-order valence-electron chi connectivity index (χ4n) is 2.02. The third-order valence-electron chi connectivity index (χ3n) is 3.01. The van der Waals surface area contributed by atoms with Gasteiger partial charge in [0.25, 0.3) is 20.2 Å². The van der Waals surface area contributed by atoms with Crippen molar-refractivity contribution in [3.63, 3.8) is 0 Å². The standard InChI is InChI=1S/C12H6N4O6S2/c13-15-7-1-3-9(11(5-7)23(17,18)19)10-4-2-8(16-14)6-12(10)24(20,21)22/h1-6H/p+2. The molecule has 0 radical (unpaired) electrons. The number of hydrogen-bond acceptors (Lipinski definition) is 6. The van der Waals surface area contributed by atoms with Crippen molar-refractivity contribution in [3.05, 3.63) is 46.4 Å². The largest absolute Gasteiger partial charge is 0.386 e. The first-order chi connectivity index (χ1) is 11.1. The smallest absolute Gasteiger partial charge is 0.282 e. The van der Waals surface area contributed by atoms with Gasteiger partial charge in [-0.05, 0) is 12.1 Å². The Morgan fingerprint density at radius 3 is 1.29 bits per heavy atom. The van der Waals surface area contributed by atoms with E-state index in [1.807, 2.05) is 0 Å². The van der Waals surface area contributed by atoms with Crippen molar-refractivity contribution in [2.24, 2.45) is 0 Å². The van der Waals surface area contributed by atoms with Crippen LogP contribution >= 0.6 is 0 Å². The molecule has 2 N–H and O–H groups in total. The highest BCUT2D eigenvalue weighted by Crippen LogP contribution is 2.36. The van der Waals surface area contributed by atoms with Gasteiger partial charge in [-0.25, -0.2) is 0 Å². The molecule has 0 aliphatic rings. The number of hydrogen-bond donors (Lipinski definition) is 2. The Bertz CT molecular complexity index is 1040. The number of diazo groups is 2. The molecule has 0 unspecified atom stereocenters. The summed E-state index contributed by atoms with van der Waals surface area (Å²) in [5.74, 6) is 0. The SMILES string of the molecule is N#[N+]c1ccc(-c2ccc([N+]#N)cc2S(=O)(=O)O)c(S(=O)(=O)O)c1. The average Bonchev–Trinajstić information content (AvgIpc) is 2.52. The topological polar surface area (TPSA) is 165 Å². The van der Waals surface area contributed by atoms with Gasteiger partial charge >= 0.3 is 11.4 Å². The van der Waals surface area contributed by atoms with E-state index in [9.17, 15) is 25.9 Å². The number of nitrogens with zero attached hydrogens (tertiary/aromatic N) is 4. The molecule has 0 spiro atoms. The average molecular weight is 368 g/mol. The summed E-state index contributed by atoms with van der Waals surface area (Å²) < 4.78 is 64.8. The minimum Gasteiger partial charge on any atom is -0.282 e. The van der Waals surface area contributed by atoms with Gasteiger partial charge in [-0.15, -0.1) is 0 Å².